The summed E-state index contributed by atoms with van der Waals surface area (Å²) in [5.74, 6) is 0.467. The molecule has 1 aliphatic heterocycles. The number of hydrogen-bond donors (Lipinski definition) is 1. The summed E-state index contributed by atoms with van der Waals surface area (Å²) in [6, 6.07) is 9.64. The third-order valence-electron chi connectivity index (χ3n) is 4.49. The van der Waals surface area contributed by atoms with Gasteiger partial charge in [-0.05, 0) is 44.1 Å². The highest BCUT2D eigenvalue weighted by atomic mass is 16.2. The van der Waals surface area contributed by atoms with Crippen molar-refractivity contribution in [3.05, 3.63) is 35.9 Å². The number of rotatable bonds is 5. The normalized spacial score (nSPS) is 25.9. The van der Waals surface area contributed by atoms with Crippen molar-refractivity contribution < 1.29 is 9.59 Å². The largest absolute Gasteiger partial charge is 0.342 e. The van der Waals surface area contributed by atoms with Gasteiger partial charge in [-0.25, -0.2) is 0 Å². The first-order valence-electron chi connectivity index (χ1n) is 7.81. The Labute approximate surface area is 125 Å². The molecule has 2 atom stereocenters. The smallest absolute Gasteiger partial charge is 0.246 e. The van der Waals surface area contributed by atoms with Gasteiger partial charge in [0.2, 0.25) is 11.8 Å². The maximum atomic E-state index is 12.5. The molecule has 0 spiro atoms. The van der Waals surface area contributed by atoms with Crippen LogP contribution in [0.25, 0.3) is 0 Å². The molecule has 2 amide bonds. The molecular formula is C17H22N2O2. The first-order valence-corrected chi connectivity index (χ1v) is 7.81. The van der Waals surface area contributed by atoms with Gasteiger partial charge in [-0.1, -0.05) is 30.3 Å². The van der Waals surface area contributed by atoms with Crippen molar-refractivity contribution in [2.75, 3.05) is 6.54 Å². The second kappa shape index (κ2) is 5.88. The van der Waals surface area contributed by atoms with E-state index in [1.54, 1.807) is 4.90 Å². The summed E-state index contributed by atoms with van der Waals surface area (Å²) in [7, 11) is 0. The minimum absolute atomic E-state index is 0.00814. The molecule has 1 heterocycles. The molecule has 0 radical (unpaired) electrons. The lowest BCUT2D eigenvalue weighted by molar-refractivity contribution is -0.149. The molecule has 1 aliphatic carbocycles. The Morgan fingerprint density at radius 3 is 2.57 bits per heavy atom. The van der Waals surface area contributed by atoms with Crippen LogP contribution < -0.4 is 5.32 Å². The molecular weight excluding hydrogens is 264 g/mol. The maximum Gasteiger partial charge on any atom is 0.246 e. The van der Waals surface area contributed by atoms with Gasteiger partial charge >= 0.3 is 0 Å². The fourth-order valence-corrected chi connectivity index (χ4v) is 3.00. The van der Waals surface area contributed by atoms with Crippen LogP contribution in [0.15, 0.2) is 30.3 Å². The topological polar surface area (TPSA) is 49.4 Å². The van der Waals surface area contributed by atoms with E-state index in [0.29, 0.717) is 12.5 Å². The van der Waals surface area contributed by atoms with Crippen LogP contribution in [-0.2, 0) is 16.0 Å². The second-order valence-electron chi connectivity index (χ2n) is 6.12. The minimum atomic E-state index is -0.344. The van der Waals surface area contributed by atoms with Gasteiger partial charge in [-0.3, -0.25) is 9.59 Å². The van der Waals surface area contributed by atoms with Gasteiger partial charge in [0.1, 0.15) is 12.1 Å². The minimum Gasteiger partial charge on any atom is -0.342 e. The Hall–Kier alpha value is -1.84. The molecule has 1 N–H and O–H groups in total. The first kappa shape index (κ1) is 14.1. The van der Waals surface area contributed by atoms with E-state index in [2.05, 4.69) is 17.4 Å². The summed E-state index contributed by atoms with van der Waals surface area (Å²) < 4.78 is 0. The molecule has 0 aromatic heterocycles. The average Bonchev–Trinajstić information content (AvgIpc) is 3.32. The van der Waals surface area contributed by atoms with Crippen molar-refractivity contribution in [2.24, 2.45) is 5.92 Å². The Kier molecular flexibility index (Phi) is 3.95. The van der Waals surface area contributed by atoms with Crippen molar-refractivity contribution >= 4 is 11.8 Å². The zero-order valence-electron chi connectivity index (χ0n) is 12.4. The van der Waals surface area contributed by atoms with E-state index in [1.165, 1.54) is 5.56 Å². The fraction of sp³-hybridized carbons (Fsp3) is 0.529. The lowest BCUT2D eigenvalue weighted by Gasteiger charge is -2.37. The van der Waals surface area contributed by atoms with Gasteiger partial charge in [-0.15, -0.1) is 0 Å². The summed E-state index contributed by atoms with van der Waals surface area (Å²) >= 11 is 0. The molecule has 3 rings (SSSR count). The number of aryl methyl sites for hydroxylation is 1. The molecule has 2 aliphatic rings. The Morgan fingerprint density at radius 2 is 1.90 bits per heavy atom. The molecule has 4 nitrogen and oxygen atoms in total. The van der Waals surface area contributed by atoms with Crippen LogP contribution in [0.4, 0.5) is 0 Å². The van der Waals surface area contributed by atoms with E-state index in [4.69, 9.17) is 0 Å². The maximum absolute atomic E-state index is 12.5. The van der Waals surface area contributed by atoms with Gasteiger partial charge in [0, 0.05) is 6.54 Å². The fourth-order valence-electron chi connectivity index (χ4n) is 3.00. The van der Waals surface area contributed by atoms with Crippen LogP contribution in [0.5, 0.6) is 0 Å². The van der Waals surface area contributed by atoms with Crippen molar-refractivity contribution in [3.63, 3.8) is 0 Å². The highest BCUT2D eigenvalue weighted by molar-refractivity contribution is 5.97. The average molecular weight is 286 g/mol. The molecule has 1 aromatic rings. The quantitative estimate of drug-likeness (QED) is 0.896. The standard InChI is InChI=1S/C17H22N2O2/c1-12-16(20)18-15(14-9-10-14)17(21)19(12)11-5-8-13-6-3-2-4-7-13/h2-4,6-7,12,14-15H,5,8-11H2,1H3,(H,18,20). The number of amides is 2. The summed E-state index contributed by atoms with van der Waals surface area (Å²) in [5.41, 5.74) is 1.28. The second-order valence-corrected chi connectivity index (χ2v) is 6.12. The highest BCUT2D eigenvalue weighted by Gasteiger charge is 2.45. The van der Waals surface area contributed by atoms with E-state index in [9.17, 15) is 9.59 Å². The Bertz CT molecular complexity index is 525. The molecule has 1 aromatic carbocycles. The molecule has 2 fully saturated rings. The van der Waals surface area contributed by atoms with E-state index in [1.807, 2.05) is 25.1 Å². The zero-order chi connectivity index (χ0) is 14.8. The van der Waals surface area contributed by atoms with Crippen molar-refractivity contribution in [3.8, 4) is 0 Å². The number of nitrogens with zero attached hydrogens (tertiary/aromatic N) is 1. The first-order chi connectivity index (χ1) is 10.2. The molecule has 1 saturated carbocycles. The highest BCUT2D eigenvalue weighted by Crippen LogP contribution is 2.35. The van der Waals surface area contributed by atoms with E-state index in [0.717, 1.165) is 25.7 Å². The zero-order valence-corrected chi connectivity index (χ0v) is 12.4. The van der Waals surface area contributed by atoms with Gasteiger partial charge < -0.3 is 10.2 Å². The number of nitrogens with one attached hydrogen (secondary N) is 1. The summed E-state index contributed by atoms with van der Waals surface area (Å²) in [4.78, 5) is 26.3. The van der Waals surface area contributed by atoms with E-state index < -0.39 is 0 Å². The van der Waals surface area contributed by atoms with Crippen LogP contribution in [0, 0.1) is 5.92 Å². The van der Waals surface area contributed by atoms with Crippen LogP contribution >= 0.6 is 0 Å². The van der Waals surface area contributed by atoms with Crippen LogP contribution in [0.2, 0.25) is 0 Å². The molecule has 2 unspecified atom stereocenters. The number of carbonyl (C=O) groups excluding carboxylic acids is 2. The molecule has 0 bridgehead atoms. The van der Waals surface area contributed by atoms with Crippen molar-refractivity contribution in [1.29, 1.82) is 0 Å². The van der Waals surface area contributed by atoms with Gasteiger partial charge in [-0.2, -0.15) is 0 Å². The monoisotopic (exact) mass is 286 g/mol. The molecule has 21 heavy (non-hydrogen) atoms. The molecule has 1 saturated heterocycles. The van der Waals surface area contributed by atoms with Gasteiger partial charge in [0.15, 0.2) is 0 Å². The van der Waals surface area contributed by atoms with Gasteiger partial charge in [0.25, 0.3) is 0 Å². The van der Waals surface area contributed by atoms with Crippen LogP contribution in [0.3, 0.4) is 0 Å². The number of benzene rings is 1. The third kappa shape index (κ3) is 3.09. The Morgan fingerprint density at radius 1 is 1.19 bits per heavy atom. The predicted molar refractivity (Wildman–Crippen MR) is 80.6 cm³/mol. The lowest BCUT2D eigenvalue weighted by atomic mass is 10.0. The van der Waals surface area contributed by atoms with Crippen LogP contribution in [0.1, 0.15) is 31.7 Å². The SMILES string of the molecule is CC1C(=O)NC(C2CC2)C(=O)N1CCCc1ccccc1. The van der Waals surface area contributed by atoms with Crippen molar-refractivity contribution in [2.45, 2.75) is 44.7 Å². The number of piperazine rings is 1. The summed E-state index contributed by atoms with van der Waals surface area (Å²) in [6.45, 7) is 2.48. The predicted octanol–water partition coefficient (Wildman–Crippen LogP) is 1.74. The molecule has 112 valence electrons. The summed E-state index contributed by atoms with van der Waals surface area (Å²) in [6.07, 6.45) is 3.95. The van der Waals surface area contributed by atoms with Crippen LogP contribution in [-0.4, -0.2) is 35.3 Å². The number of hydrogen-bond acceptors (Lipinski definition) is 2. The lowest BCUT2D eigenvalue weighted by Crippen LogP contribution is -2.63. The number of carbonyl (C=O) groups is 2. The summed E-state index contributed by atoms with van der Waals surface area (Å²) in [5, 5.41) is 2.89. The third-order valence-corrected chi connectivity index (χ3v) is 4.49. The molecule has 4 heteroatoms. The van der Waals surface area contributed by atoms with E-state index in [-0.39, 0.29) is 23.9 Å². The van der Waals surface area contributed by atoms with E-state index >= 15 is 0 Å². The van der Waals surface area contributed by atoms with Gasteiger partial charge in [0.05, 0.1) is 0 Å². The van der Waals surface area contributed by atoms with Crippen molar-refractivity contribution in [1.82, 2.24) is 10.2 Å². The Balaban J connectivity index is 1.59.